The summed E-state index contributed by atoms with van der Waals surface area (Å²) >= 11 is 6.08. The molecule has 0 saturated heterocycles. The topological polar surface area (TPSA) is 0 Å². The van der Waals surface area contributed by atoms with Crippen LogP contribution in [-0.2, 0) is 0 Å². The SMILES string of the molecule is CC(C)CC1(C(C)Cl)CC1. The van der Waals surface area contributed by atoms with Crippen LogP contribution in [0.3, 0.4) is 0 Å². The van der Waals surface area contributed by atoms with Crippen molar-refractivity contribution >= 4 is 11.6 Å². The van der Waals surface area contributed by atoms with Gasteiger partial charge in [-0.05, 0) is 37.5 Å². The third kappa shape index (κ3) is 1.66. The van der Waals surface area contributed by atoms with Gasteiger partial charge in [0, 0.05) is 5.38 Å². The molecule has 1 rings (SSSR count). The normalized spacial score (nSPS) is 24.9. The number of hydrogen-bond acceptors (Lipinski definition) is 0. The molecule has 1 aliphatic carbocycles. The Kier molecular flexibility index (Phi) is 2.29. The standard InChI is InChI=1S/C9H17Cl/c1-7(2)6-9(4-5-9)8(3)10/h7-8H,4-6H2,1-3H3. The maximum atomic E-state index is 6.08. The molecule has 1 saturated carbocycles. The highest BCUT2D eigenvalue weighted by atomic mass is 35.5. The Labute approximate surface area is 69.0 Å². The molecule has 1 fully saturated rings. The van der Waals surface area contributed by atoms with Gasteiger partial charge in [0.15, 0.2) is 0 Å². The fourth-order valence-electron chi connectivity index (χ4n) is 1.74. The minimum atomic E-state index is 0.384. The van der Waals surface area contributed by atoms with Gasteiger partial charge in [0.25, 0.3) is 0 Å². The van der Waals surface area contributed by atoms with Crippen LogP contribution in [0, 0.1) is 11.3 Å². The van der Waals surface area contributed by atoms with Crippen LogP contribution in [0.2, 0.25) is 0 Å². The lowest BCUT2D eigenvalue weighted by Crippen LogP contribution is -2.14. The summed E-state index contributed by atoms with van der Waals surface area (Å²) in [6.45, 7) is 6.69. The molecule has 0 radical (unpaired) electrons. The second kappa shape index (κ2) is 2.73. The molecule has 0 aromatic heterocycles. The van der Waals surface area contributed by atoms with E-state index in [1.54, 1.807) is 0 Å². The van der Waals surface area contributed by atoms with Crippen LogP contribution >= 0.6 is 11.6 Å². The highest BCUT2D eigenvalue weighted by Gasteiger charge is 2.46. The summed E-state index contributed by atoms with van der Waals surface area (Å²) in [5.74, 6) is 0.809. The van der Waals surface area contributed by atoms with Gasteiger partial charge in [0.05, 0.1) is 0 Å². The fourth-order valence-corrected chi connectivity index (χ4v) is 2.05. The predicted octanol–water partition coefficient (Wildman–Crippen LogP) is 3.44. The van der Waals surface area contributed by atoms with E-state index in [2.05, 4.69) is 20.8 Å². The van der Waals surface area contributed by atoms with Gasteiger partial charge in [-0.1, -0.05) is 13.8 Å². The largest absolute Gasteiger partial charge is 0.123 e. The fraction of sp³-hybridized carbons (Fsp3) is 1.00. The highest BCUT2D eigenvalue weighted by molar-refractivity contribution is 6.21. The van der Waals surface area contributed by atoms with Crippen molar-refractivity contribution in [1.82, 2.24) is 0 Å². The Bertz CT molecular complexity index is 112. The number of halogens is 1. The van der Waals surface area contributed by atoms with Gasteiger partial charge in [-0.25, -0.2) is 0 Å². The van der Waals surface area contributed by atoms with Crippen LogP contribution in [0.5, 0.6) is 0 Å². The summed E-state index contributed by atoms with van der Waals surface area (Å²) in [5.41, 5.74) is 0.537. The third-order valence-corrected chi connectivity index (χ3v) is 3.01. The van der Waals surface area contributed by atoms with Gasteiger partial charge >= 0.3 is 0 Å². The van der Waals surface area contributed by atoms with E-state index in [0.717, 1.165) is 5.92 Å². The zero-order valence-electron chi connectivity index (χ0n) is 7.15. The van der Waals surface area contributed by atoms with E-state index in [9.17, 15) is 0 Å². The molecule has 0 amide bonds. The van der Waals surface area contributed by atoms with Gasteiger partial charge in [-0.15, -0.1) is 11.6 Å². The van der Waals surface area contributed by atoms with Crippen LogP contribution in [-0.4, -0.2) is 5.38 Å². The Morgan fingerprint density at radius 2 is 1.80 bits per heavy atom. The Hall–Kier alpha value is 0.290. The molecule has 0 heterocycles. The zero-order valence-corrected chi connectivity index (χ0v) is 7.91. The average Bonchev–Trinajstić information content (AvgIpc) is 2.46. The maximum absolute atomic E-state index is 6.08. The first-order valence-corrected chi connectivity index (χ1v) is 4.64. The van der Waals surface area contributed by atoms with Crippen molar-refractivity contribution in [1.29, 1.82) is 0 Å². The monoisotopic (exact) mass is 160 g/mol. The van der Waals surface area contributed by atoms with Crippen LogP contribution in [0.1, 0.15) is 40.0 Å². The first-order valence-electron chi connectivity index (χ1n) is 4.21. The second-order valence-electron chi connectivity index (χ2n) is 4.08. The molecular formula is C9H17Cl. The van der Waals surface area contributed by atoms with Gasteiger partial charge < -0.3 is 0 Å². The Balaban J connectivity index is 2.38. The number of alkyl halides is 1. The molecule has 0 aromatic carbocycles. The van der Waals surface area contributed by atoms with Crippen molar-refractivity contribution in [2.75, 3.05) is 0 Å². The lowest BCUT2D eigenvalue weighted by atomic mass is 9.92. The van der Waals surface area contributed by atoms with Gasteiger partial charge in [0.1, 0.15) is 0 Å². The molecule has 1 heteroatoms. The van der Waals surface area contributed by atoms with E-state index < -0.39 is 0 Å². The molecule has 10 heavy (non-hydrogen) atoms. The van der Waals surface area contributed by atoms with Crippen molar-refractivity contribution in [3.8, 4) is 0 Å². The number of rotatable bonds is 3. The maximum Gasteiger partial charge on any atom is 0.0364 e. The molecule has 1 unspecified atom stereocenters. The molecule has 0 spiro atoms. The lowest BCUT2D eigenvalue weighted by Gasteiger charge is -2.19. The Morgan fingerprint density at radius 3 is 1.90 bits per heavy atom. The van der Waals surface area contributed by atoms with E-state index >= 15 is 0 Å². The molecule has 60 valence electrons. The minimum absolute atomic E-state index is 0.384. The molecular weight excluding hydrogens is 144 g/mol. The average molecular weight is 161 g/mol. The van der Waals surface area contributed by atoms with Crippen molar-refractivity contribution in [2.24, 2.45) is 11.3 Å². The smallest absolute Gasteiger partial charge is 0.0364 e. The lowest BCUT2D eigenvalue weighted by molar-refractivity contribution is 0.383. The molecule has 0 bridgehead atoms. The minimum Gasteiger partial charge on any atom is -0.123 e. The van der Waals surface area contributed by atoms with Crippen LogP contribution < -0.4 is 0 Å². The van der Waals surface area contributed by atoms with Crippen molar-refractivity contribution in [3.63, 3.8) is 0 Å². The van der Waals surface area contributed by atoms with Crippen molar-refractivity contribution in [3.05, 3.63) is 0 Å². The Morgan fingerprint density at radius 1 is 1.30 bits per heavy atom. The van der Waals surface area contributed by atoms with Crippen molar-refractivity contribution in [2.45, 2.75) is 45.4 Å². The van der Waals surface area contributed by atoms with Crippen LogP contribution in [0.4, 0.5) is 0 Å². The van der Waals surface area contributed by atoms with E-state index in [-0.39, 0.29) is 0 Å². The summed E-state index contributed by atoms with van der Waals surface area (Å²) in [6, 6.07) is 0. The van der Waals surface area contributed by atoms with Crippen LogP contribution in [0.15, 0.2) is 0 Å². The first-order chi connectivity index (χ1) is 4.57. The quantitative estimate of drug-likeness (QED) is 0.555. The van der Waals surface area contributed by atoms with Crippen LogP contribution in [0.25, 0.3) is 0 Å². The summed E-state index contributed by atoms with van der Waals surface area (Å²) in [4.78, 5) is 0. The summed E-state index contributed by atoms with van der Waals surface area (Å²) in [6.07, 6.45) is 4.03. The molecule has 0 aliphatic heterocycles. The molecule has 1 atom stereocenters. The predicted molar refractivity (Wildman–Crippen MR) is 46.4 cm³/mol. The molecule has 0 aromatic rings. The second-order valence-corrected chi connectivity index (χ2v) is 4.73. The van der Waals surface area contributed by atoms with E-state index in [1.165, 1.54) is 19.3 Å². The third-order valence-electron chi connectivity index (χ3n) is 2.55. The number of hydrogen-bond donors (Lipinski definition) is 0. The first kappa shape index (κ1) is 8.39. The van der Waals surface area contributed by atoms with E-state index in [4.69, 9.17) is 11.6 Å². The van der Waals surface area contributed by atoms with Crippen molar-refractivity contribution < 1.29 is 0 Å². The van der Waals surface area contributed by atoms with E-state index in [0.29, 0.717) is 10.8 Å². The summed E-state index contributed by atoms with van der Waals surface area (Å²) in [5, 5.41) is 0.384. The van der Waals surface area contributed by atoms with Gasteiger partial charge in [-0.2, -0.15) is 0 Å². The van der Waals surface area contributed by atoms with Gasteiger partial charge in [0.2, 0.25) is 0 Å². The zero-order chi connectivity index (χ0) is 7.78. The summed E-state index contributed by atoms with van der Waals surface area (Å²) < 4.78 is 0. The van der Waals surface area contributed by atoms with E-state index in [1.807, 2.05) is 0 Å². The molecule has 0 nitrogen and oxygen atoms in total. The van der Waals surface area contributed by atoms with Gasteiger partial charge in [-0.3, -0.25) is 0 Å². The molecule has 0 N–H and O–H groups in total. The summed E-state index contributed by atoms with van der Waals surface area (Å²) in [7, 11) is 0. The highest BCUT2D eigenvalue weighted by Crippen LogP contribution is 2.55. The molecule has 1 aliphatic rings.